The second-order valence-electron chi connectivity index (χ2n) is 4.98. The molecule has 0 saturated carbocycles. The molecule has 0 radical (unpaired) electrons. The van der Waals surface area contributed by atoms with E-state index in [0.717, 1.165) is 32.6 Å². The number of thioether (sulfide) groups is 1. The summed E-state index contributed by atoms with van der Waals surface area (Å²) < 4.78 is 37.5. The van der Waals surface area contributed by atoms with Crippen LogP contribution in [0.3, 0.4) is 0 Å². The van der Waals surface area contributed by atoms with Crippen molar-refractivity contribution < 1.29 is 18.3 Å². The quantitative estimate of drug-likeness (QED) is 0.834. The lowest BCUT2D eigenvalue weighted by atomic mass is 10.0. The first-order chi connectivity index (χ1) is 9.90. The molecule has 118 valence electrons. The fourth-order valence-corrected chi connectivity index (χ4v) is 3.25. The number of benzene rings is 1. The maximum Gasteiger partial charge on any atom is 0.446 e. The highest BCUT2D eigenvalue weighted by Crippen LogP contribution is 2.40. The average Bonchev–Trinajstić information content (AvgIpc) is 2.43. The van der Waals surface area contributed by atoms with Gasteiger partial charge in [-0.15, -0.1) is 0 Å². The number of phenolic OH excluding ortho intramolecular Hbond substituents is 1. The second kappa shape index (κ2) is 6.89. The minimum absolute atomic E-state index is 0.0547. The standard InChI is InChI=1S/C14H19F3N2OS/c1-2-12(19-7-5-18-6-8-19)11-9-10(3-4-13(11)20)21-14(15,16)17/h3-4,9,12,18,20H,2,5-8H2,1H3/t12-/m1/s1. The first kappa shape index (κ1) is 16.5. The van der Waals surface area contributed by atoms with E-state index in [4.69, 9.17) is 0 Å². The number of hydrogen-bond acceptors (Lipinski definition) is 4. The Morgan fingerprint density at radius 2 is 2.00 bits per heavy atom. The summed E-state index contributed by atoms with van der Waals surface area (Å²) in [7, 11) is 0. The van der Waals surface area contributed by atoms with Crippen molar-refractivity contribution in [1.29, 1.82) is 0 Å². The van der Waals surface area contributed by atoms with Gasteiger partial charge < -0.3 is 10.4 Å². The number of piperazine rings is 1. The van der Waals surface area contributed by atoms with Gasteiger partial charge in [-0.1, -0.05) is 6.92 Å². The van der Waals surface area contributed by atoms with Crippen LogP contribution in [0.2, 0.25) is 0 Å². The van der Waals surface area contributed by atoms with E-state index in [0.29, 0.717) is 5.56 Å². The van der Waals surface area contributed by atoms with Crippen LogP contribution in [0.15, 0.2) is 23.1 Å². The summed E-state index contributed by atoms with van der Waals surface area (Å²) >= 11 is -0.144. The molecule has 0 amide bonds. The van der Waals surface area contributed by atoms with E-state index in [9.17, 15) is 18.3 Å². The number of nitrogens with one attached hydrogen (secondary N) is 1. The molecule has 21 heavy (non-hydrogen) atoms. The molecule has 1 saturated heterocycles. The Morgan fingerprint density at radius 1 is 1.33 bits per heavy atom. The van der Waals surface area contributed by atoms with Crippen LogP contribution in [-0.2, 0) is 0 Å². The van der Waals surface area contributed by atoms with Crippen molar-refractivity contribution in [1.82, 2.24) is 10.2 Å². The third-order valence-corrected chi connectivity index (χ3v) is 4.29. The maximum atomic E-state index is 12.5. The van der Waals surface area contributed by atoms with E-state index in [1.165, 1.54) is 18.2 Å². The van der Waals surface area contributed by atoms with Gasteiger partial charge in [0.05, 0.1) is 0 Å². The zero-order valence-electron chi connectivity index (χ0n) is 11.8. The molecule has 1 aromatic rings. The average molecular weight is 320 g/mol. The van der Waals surface area contributed by atoms with Crippen molar-refractivity contribution in [2.75, 3.05) is 26.2 Å². The van der Waals surface area contributed by atoms with E-state index in [1.807, 2.05) is 6.92 Å². The zero-order chi connectivity index (χ0) is 15.5. The van der Waals surface area contributed by atoms with Gasteiger partial charge in [-0.05, 0) is 36.4 Å². The van der Waals surface area contributed by atoms with E-state index in [2.05, 4.69) is 10.2 Å². The van der Waals surface area contributed by atoms with Crippen molar-refractivity contribution in [2.45, 2.75) is 29.8 Å². The fourth-order valence-electron chi connectivity index (χ4n) is 2.67. The van der Waals surface area contributed by atoms with Crippen molar-refractivity contribution in [3.8, 4) is 5.75 Å². The summed E-state index contributed by atoms with van der Waals surface area (Å²) in [4.78, 5) is 2.32. The summed E-state index contributed by atoms with van der Waals surface area (Å²) in [6.45, 7) is 5.35. The summed E-state index contributed by atoms with van der Waals surface area (Å²) in [5, 5.41) is 13.3. The number of aromatic hydroxyl groups is 1. The molecular formula is C14H19F3N2OS. The van der Waals surface area contributed by atoms with Crippen LogP contribution in [0.1, 0.15) is 24.9 Å². The van der Waals surface area contributed by atoms with Gasteiger partial charge >= 0.3 is 5.51 Å². The van der Waals surface area contributed by atoms with Gasteiger partial charge in [-0.2, -0.15) is 13.2 Å². The Kier molecular flexibility index (Phi) is 5.40. The van der Waals surface area contributed by atoms with E-state index in [1.54, 1.807) is 0 Å². The predicted molar refractivity (Wildman–Crippen MR) is 77.5 cm³/mol. The van der Waals surface area contributed by atoms with Gasteiger partial charge in [-0.25, -0.2) is 0 Å². The van der Waals surface area contributed by atoms with Gasteiger partial charge in [0, 0.05) is 42.7 Å². The van der Waals surface area contributed by atoms with Crippen LogP contribution < -0.4 is 5.32 Å². The van der Waals surface area contributed by atoms with Gasteiger partial charge in [0.15, 0.2) is 0 Å². The summed E-state index contributed by atoms with van der Waals surface area (Å²) in [5.41, 5.74) is -3.74. The van der Waals surface area contributed by atoms with Gasteiger partial charge in [-0.3, -0.25) is 4.90 Å². The lowest BCUT2D eigenvalue weighted by Gasteiger charge is -2.35. The lowest BCUT2D eigenvalue weighted by molar-refractivity contribution is -0.0328. The summed E-state index contributed by atoms with van der Waals surface area (Å²) in [6.07, 6.45) is 0.744. The Balaban J connectivity index is 2.24. The molecule has 1 aliphatic heterocycles. The molecule has 0 aromatic heterocycles. The molecule has 0 aliphatic carbocycles. The van der Waals surface area contributed by atoms with Crippen molar-refractivity contribution in [2.24, 2.45) is 0 Å². The molecule has 1 aromatic carbocycles. The highest BCUT2D eigenvalue weighted by molar-refractivity contribution is 8.00. The third-order valence-electron chi connectivity index (χ3n) is 3.57. The Hall–Kier alpha value is -0.920. The molecule has 0 unspecified atom stereocenters. The van der Waals surface area contributed by atoms with E-state index in [-0.39, 0.29) is 28.4 Å². The third kappa shape index (κ3) is 4.52. The topological polar surface area (TPSA) is 35.5 Å². The first-order valence-corrected chi connectivity index (χ1v) is 7.76. The highest BCUT2D eigenvalue weighted by Gasteiger charge is 2.30. The second-order valence-corrected chi connectivity index (χ2v) is 6.12. The number of rotatable bonds is 4. The number of halogens is 3. The zero-order valence-corrected chi connectivity index (χ0v) is 12.6. The van der Waals surface area contributed by atoms with Crippen LogP contribution in [0.4, 0.5) is 13.2 Å². The summed E-state index contributed by atoms with van der Waals surface area (Å²) in [5.74, 6) is 0.0620. The minimum Gasteiger partial charge on any atom is -0.508 e. The van der Waals surface area contributed by atoms with Crippen molar-refractivity contribution in [3.05, 3.63) is 23.8 Å². The molecule has 1 atom stereocenters. The first-order valence-electron chi connectivity index (χ1n) is 6.94. The van der Waals surface area contributed by atoms with Gasteiger partial charge in [0.25, 0.3) is 0 Å². The van der Waals surface area contributed by atoms with Crippen LogP contribution in [-0.4, -0.2) is 41.7 Å². The van der Waals surface area contributed by atoms with Crippen LogP contribution >= 0.6 is 11.8 Å². The molecule has 7 heteroatoms. The van der Waals surface area contributed by atoms with Crippen molar-refractivity contribution >= 4 is 11.8 Å². The Morgan fingerprint density at radius 3 is 2.57 bits per heavy atom. The monoisotopic (exact) mass is 320 g/mol. The van der Waals surface area contributed by atoms with Crippen molar-refractivity contribution in [3.63, 3.8) is 0 Å². The summed E-state index contributed by atoms with van der Waals surface area (Å²) in [6, 6.07) is 4.07. The largest absolute Gasteiger partial charge is 0.508 e. The normalized spacial score (nSPS) is 18.7. The number of alkyl halides is 3. The van der Waals surface area contributed by atoms with Crippen LogP contribution in [0.25, 0.3) is 0 Å². The molecule has 0 spiro atoms. The molecule has 2 rings (SSSR count). The predicted octanol–water partition coefficient (Wildman–Crippen LogP) is 3.36. The minimum atomic E-state index is -4.31. The highest BCUT2D eigenvalue weighted by atomic mass is 32.2. The molecule has 1 aliphatic rings. The molecule has 3 nitrogen and oxygen atoms in total. The van der Waals surface area contributed by atoms with Gasteiger partial charge in [0.2, 0.25) is 0 Å². The molecule has 0 bridgehead atoms. The number of nitrogens with zero attached hydrogens (tertiary/aromatic N) is 1. The Bertz CT molecular complexity index is 476. The fraction of sp³-hybridized carbons (Fsp3) is 0.571. The van der Waals surface area contributed by atoms with Crippen LogP contribution in [0.5, 0.6) is 5.75 Å². The molecular weight excluding hydrogens is 301 g/mol. The number of hydrogen-bond donors (Lipinski definition) is 2. The maximum absolute atomic E-state index is 12.5. The van der Waals surface area contributed by atoms with Crippen LogP contribution in [0, 0.1) is 0 Å². The van der Waals surface area contributed by atoms with E-state index >= 15 is 0 Å². The number of phenols is 1. The molecule has 2 N–H and O–H groups in total. The van der Waals surface area contributed by atoms with Gasteiger partial charge in [0.1, 0.15) is 5.75 Å². The smallest absolute Gasteiger partial charge is 0.446 e. The molecule has 1 heterocycles. The Labute approximate surface area is 126 Å². The SMILES string of the molecule is CC[C@H](c1cc(SC(F)(F)F)ccc1O)N1CCNCC1. The van der Waals surface area contributed by atoms with E-state index < -0.39 is 5.51 Å². The lowest BCUT2D eigenvalue weighted by Crippen LogP contribution is -2.45. The molecule has 1 fully saturated rings.